The van der Waals surface area contributed by atoms with Gasteiger partial charge in [0.25, 0.3) is 5.91 Å². The van der Waals surface area contributed by atoms with E-state index < -0.39 is 0 Å². The lowest BCUT2D eigenvalue weighted by atomic mass is 10.1. The second-order valence-electron chi connectivity index (χ2n) is 6.27. The maximum atomic E-state index is 12.8. The number of rotatable bonds is 6. The van der Waals surface area contributed by atoms with Crippen molar-refractivity contribution in [3.05, 3.63) is 47.2 Å². The Kier molecular flexibility index (Phi) is 5.73. The van der Waals surface area contributed by atoms with E-state index in [1.165, 1.54) is 0 Å². The number of nitrogens with one attached hydrogen (secondary N) is 1. The Balaban J connectivity index is 2.11. The van der Waals surface area contributed by atoms with Crippen molar-refractivity contribution in [2.24, 2.45) is 5.92 Å². The lowest BCUT2D eigenvalue weighted by Crippen LogP contribution is -2.40. The van der Waals surface area contributed by atoms with E-state index in [1.807, 2.05) is 39.0 Å². The molecular formula is C18H23N3O3. The van der Waals surface area contributed by atoms with E-state index in [0.29, 0.717) is 23.7 Å². The molecule has 2 aromatic rings. The Hall–Kier alpha value is -2.63. The van der Waals surface area contributed by atoms with E-state index >= 15 is 0 Å². The first kappa shape index (κ1) is 17.7. The maximum absolute atomic E-state index is 12.8. The minimum Gasteiger partial charge on any atom is -0.360 e. The summed E-state index contributed by atoms with van der Waals surface area (Å²) in [5.74, 6) is 0.768. The Labute approximate surface area is 141 Å². The molecule has 1 aromatic heterocycles. The predicted octanol–water partition coefficient (Wildman–Crippen LogP) is 3.03. The molecule has 0 aliphatic heterocycles. The minimum absolute atomic E-state index is 0.0305. The largest absolute Gasteiger partial charge is 0.360 e. The van der Waals surface area contributed by atoms with E-state index in [1.54, 1.807) is 24.0 Å². The number of benzene rings is 1. The molecule has 1 heterocycles. The lowest BCUT2D eigenvalue weighted by Gasteiger charge is -2.24. The lowest BCUT2D eigenvalue weighted by molar-refractivity contribution is -0.117. The van der Waals surface area contributed by atoms with Crippen molar-refractivity contribution < 1.29 is 14.1 Å². The average molecular weight is 329 g/mol. The number of anilines is 1. The highest BCUT2D eigenvalue weighted by atomic mass is 16.5. The van der Waals surface area contributed by atoms with Gasteiger partial charge in [0.1, 0.15) is 12.3 Å². The van der Waals surface area contributed by atoms with Crippen LogP contribution in [0.1, 0.15) is 35.5 Å². The molecule has 0 radical (unpaired) electrons. The number of amides is 2. The zero-order valence-electron chi connectivity index (χ0n) is 14.5. The first-order chi connectivity index (χ1) is 11.4. The van der Waals surface area contributed by atoms with Gasteiger partial charge in [0.15, 0.2) is 5.82 Å². The third kappa shape index (κ3) is 4.68. The molecule has 6 nitrogen and oxygen atoms in total. The first-order valence-electron chi connectivity index (χ1n) is 7.95. The van der Waals surface area contributed by atoms with Gasteiger partial charge in [-0.2, -0.15) is 0 Å². The number of hydrogen-bond donors (Lipinski definition) is 1. The fraction of sp³-hybridized carbons (Fsp3) is 0.389. The van der Waals surface area contributed by atoms with Crippen LogP contribution >= 0.6 is 0 Å². The van der Waals surface area contributed by atoms with Gasteiger partial charge in [-0.25, -0.2) is 0 Å². The SMILES string of the molecule is Cc1cc(NC(=O)CN(CC(C)C)C(=O)c2ccccc2C)no1. The molecular weight excluding hydrogens is 306 g/mol. The van der Waals surface area contributed by atoms with Crippen LogP contribution in [-0.4, -0.2) is 35.0 Å². The van der Waals surface area contributed by atoms with Crippen LogP contribution in [0.2, 0.25) is 0 Å². The molecule has 0 atom stereocenters. The van der Waals surface area contributed by atoms with Crippen LogP contribution in [0.25, 0.3) is 0 Å². The van der Waals surface area contributed by atoms with Crippen molar-refractivity contribution in [2.75, 3.05) is 18.4 Å². The van der Waals surface area contributed by atoms with Crippen LogP contribution in [0.15, 0.2) is 34.9 Å². The zero-order chi connectivity index (χ0) is 17.7. The smallest absolute Gasteiger partial charge is 0.254 e. The van der Waals surface area contributed by atoms with E-state index in [0.717, 1.165) is 5.56 Å². The van der Waals surface area contributed by atoms with E-state index in [2.05, 4.69) is 10.5 Å². The third-order valence-electron chi connectivity index (χ3n) is 3.48. The Morgan fingerprint density at radius 3 is 2.54 bits per heavy atom. The van der Waals surface area contributed by atoms with Gasteiger partial charge < -0.3 is 14.7 Å². The summed E-state index contributed by atoms with van der Waals surface area (Å²) < 4.78 is 4.92. The van der Waals surface area contributed by atoms with Gasteiger partial charge in [0.05, 0.1) is 0 Å². The molecule has 2 amide bonds. The molecule has 0 aliphatic carbocycles. The molecule has 0 unspecified atom stereocenters. The molecule has 0 spiro atoms. The van der Waals surface area contributed by atoms with Gasteiger partial charge in [0.2, 0.25) is 5.91 Å². The molecule has 0 bridgehead atoms. The highest BCUT2D eigenvalue weighted by molar-refractivity contribution is 5.99. The standard InChI is InChI=1S/C18H23N3O3/c1-12(2)10-21(18(23)15-8-6-5-7-13(15)3)11-17(22)19-16-9-14(4)24-20-16/h5-9,12H,10-11H2,1-4H3,(H,19,20,22). The van der Waals surface area contributed by atoms with Gasteiger partial charge in [0, 0.05) is 18.2 Å². The van der Waals surface area contributed by atoms with E-state index in [4.69, 9.17) is 4.52 Å². The van der Waals surface area contributed by atoms with Crippen LogP contribution < -0.4 is 5.32 Å². The van der Waals surface area contributed by atoms with Crippen LogP contribution in [-0.2, 0) is 4.79 Å². The van der Waals surface area contributed by atoms with Crippen molar-refractivity contribution >= 4 is 17.6 Å². The molecule has 2 rings (SSSR count). The monoisotopic (exact) mass is 329 g/mol. The average Bonchev–Trinajstić information content (AvgIpc) is 2.91. The van der Waals surface area contributed by atoms with Gasteiger partial charge in [-0.3, -0.25) is 9.59 Å². The fourth-order valence-electron chi connectivity index (χ4n) is 2.42. The third-order valence-corrected chi connectivity index (χ3v) is 3.48. The molecule has 0 aliphatic rings. The Morgan fingerprint density at radius 1 is 1.25 bits per heavy atom. The first-order valence-corrected chi connectivity index (χ1v) is 7.95. The van der Waals surface area contributed by atoms with E-state index in [-0.39, 0.29) is 24.3 Å². The molecule has 24 heavy (non-hydrogen) atoms. The van der Waals surface area contributed by atoms with Crippen molar-refractivity contribution in [2.45, 2.75) is 27.7 Å². The predicted molar refractivity (Wildman–Crippen MR) is 91.8 cm³/mol. The number of aryl methyl sites for hydroxylation is 2. The number of carbonyl (C=O) groups is 2. The summed E-state index contributed by atoms with van der Waals surface area (Å²) in [6.07, 6.45) is 0. The van der Waals surface area contributed by atoms with E-state index in [9.17, 15) is 9.59 Å². The summed E-state index contributed by atoms with van der Waals surface area (Å²) in [5.41, 5.74) is 1.51. The number of aromatic nitrogens is 1. The van der Waals surface area contributed by atoms with Gasteiger partial charge in [-0.05, 0) is 31.4 Å². The van der Waals surface area contributed by atoms with Crippen molar-refractivity contribution in [1.29, 1.82) is 0 Å². The quantitative estimate of drug-likeness (QED) is 0.884. The van der Waals surface area contributed by atoms with Gasteiger partial charge >= 0.3 is 0 Å². The van der Waals surface area contributed by atoms with Crippen molar-refractivity contribution in [3.63, 3.8) is 0 Å². The summed E-state index contributed by atoms with van der Waals surface area (Å²) in [5, 5.41) is 6.38. The highest BCUT2D eigenvalue weighted by Crippen LogP contribution is 2.13. The van der Waals surface area contributed by atoms with Crippen LogP contribution in [0.4, 0.5) is 5.82 Å². The zero-order valence-corrected chi connectivity index (χ0v) is 14.5. The molecule has 0 fully saturated rings. The molecule has 1 aromatic carbocycles. The molecule has 6 heteroatoms. The summed E-state index contributed by atoms with van der Waals surface area (Å²) in [6, 6.07) is 9.02. The Bertz CT molecular complexity index is 722. The molecule has 128 valence electrons. The molecule has 0 saturated carbocycles. The van der Waals surface area contributed by atoms with Crippen LogP contribution in [0.3, 0.4) is 0 Å². The Morgan fingerprint density at radius 2 is 1.96 bits per heavy atom. The fourth-order valence-corrected chi connectivity index (χ4v) is 2.42. The summed E-state index contributed by atoms with van der Waals surface area (Å²) in [6.45, 7) is 8.12. The van der Waals surface area contributed by atoms with Gasteiger partial charge in [-0.15, -0.1) is 0 Å². The van der Waals surface area contributed by atoms with Crippen molar-refractivity contribution in [3.8, 4) is 0 Å². The minimum atomic E-state index is -0.300. The van der Waals surface area contributed by atoms with Crippen LogP contribution in [0.5, 0.6) is 0 Å². The topological polar surface area (TPSA) is 75.4 Å². The van der Waals surface area contributed by atoms with Gasteiger partial charge in [-0.1, -0.05) is 37.2 Å². The number of nitrogens with zero attached hydrogens (tertiary/aromatic N) is 2. The number of carbonyl (C=O) groups excluding carboxylic acids is 2. The summed E-state index contributed by atoms with van der Waals surface area (Å²) >= 11 is 0. The summed E-state index contributed by atoms with van der Waals surface area (Å²) in [7, 11) is 0. The van der Waals surface area contributed by atoms with Crippen LogP contribution in [0, 0.1) is 19.8 Å². The summed E-state index contributed by atoms with van der Waals surface area (Å²) in [4.78, 5) is 26.6. The van der Waals surface area contributed by atoms with Crippen molar-refractivity contribution in [1.82, 2.24) is 10.1 Å². The maximum Gasteiger partial charge on any atom is 0.254 e. The molecule has 0 saturated heterocycles. The highest BCUT2D eigenvalue weighted by Gasteiger charge is 2.21. The second kappa shape index (κ2) is 7.77. The normalized spacial score (nSPS) is 10.7. The number of hydrogen-bond acceptors (Lipinski definition) is 4. The molecule has 1 N–H and O–H groups in total. The second-order valence-corrected chi connectivity index (χ2v) is 6.27.